The van der Waals surface area contributed by atoms with Crippen LogP contribution in [-0.4, -0.2) is 46.0 Å². The van der Waals surface area contributed by atoms with Crippen molar-refractivity contribution < 1.29 is 14.7 Å². The lowest BCUT2D eigenvalue weighted by atomic mass is 10.1. The number of carboxylic acids is 1. The zero-order chi connectivity index (χ0) is 13.0. The number of nitrogens with zero attached hydrogens (tertiary/aromatic N) is 2. The maximum atomic E-state index is 11.7. The fraction of sp³-hybridized carbons (Fsp3) is 0.417. The van der Waals surface area contributed by atoms with Crippen LogP contribution in [-0.2, 0) is 16.1 Å². The normalized spacial score (nSPS) is 20.4. The summed E-state index contributed by atoms with van der Waals surface area (Å²) in [4.78, 5) is 28.5. The highest BCUT2D eigenvalue weighted by molar-refractivity contribution is 5.86. The number of hydrogen-bond donors (Lipinski definition) is 2. The molecule has 2 N–H and O–H groups in total. The predicted molar refractivity (Wildman–Crippen MR) is 63.7 cm³/mol. The maximum Gasteiger partial charge on any atom is 0.305 e. The molecule has 0 unspecified atom stereocenters. The molecule has 96 valence electrons. The number of aromatic nitrogens is 1. The van der Waals surface area contributed by atoms with Gasteiger partial charge in [-0.05, 0) is 12.1 Å². The second kappa shape index (κ2) is 5.59. The van der Waals surface area contributed by atoms with Crippen molar-refractivity contribution in [3.8, 4) is 0 Å². The lowest BCUT2D eigenvalue weighted by Crippen LogP contribution is -2.55. The number of rotatable bonds is 4. The molecule has 1 aromatic rings. The molecule has 6 heteroatoms. The Morgan fingerprint density at radius 2 is 2.39 bits per heavy atom. The smallest absolute Gasteiger partial charge is 0.305 e. The molecule has 0 bridgehead atoms. The van der Waals surface area contributed by atoms with Gasteiger partial charge in [0.05, 0.1) is 12.1 Å². The van der Waals surface area contributed by atoms with E-state index in [9.17, 15) is 9.59 Å². The standard InChI is InChI=1S/C12H15N3O3/c16-11(17)7-10-12(18)14-5-6-15(10)8-9-3-1-2-4-13-9/h1-4,10H,5-8H2,(H,14,18)(H,16,17)/t10-/m0/s1. The Bertz CT molecular complexity index is 435. The molecule has 0 aliphatic carbocycles. The van der Waals surface area contributed by atoms with E-state index >= 15 is 0 Å². The summed E-state index contributed by atoms with van der Waals surface area (Å²) in [5.41, 5.74) is 0.836. The molecule has 6 nitrogen and oxygen atoms in total. The van der Waals surface area contributed by atoms with E-state index in [1.807, 2.05) is 23.1 Å². The molecule has 0 spiro atoms. The molecule has 18 heavy (non-hydrogen) atoms. The van der Waals surface area contributed by atoms with Gasteiger partial charge in [-0.15, -0.1) is 0 Å². The fourth-order valence-corrected chi connectivity index (χ4v) is 2.04. The van der Waals surface area contributed by atoms with Gasteiger partial charge in [0.2, 0.25) is 5.91 Å². The van der Waals surface area contributed by atoms with E-state index in [1.165, 1.54) is 0 Å². The zero-order valence-corrected chi connectivity index (χ0v) is 9.87. The van der Waals surface area contributed by atoms with Crippen LogP contribution in [0, 0.1) is 0 Å². The first-order valence-electron chi connectivity index (χ1n) is 5.80. The van der Waals surface area contributed by atoms with Crippen LogP contribution >= 0.6 is 0 Å². The van der Waals surface area contributed by atoms with Crippen molar-refractivity contribution in [3.05, 3.63) is 30.1 Å². The second-order valence-electron chi connectivity index (χ2n) is 4.20. The van der Waals surface area contributed by atoms with Crippen LogP contribution in [0.5, 0.6) is 0 Å². The summed E-state index contributed by atoms with van der Waals surface area (Å²) in [6.07, 6.45) is 1.50. The third kappa shape index (κ3) is 3.04. The van der Waals surface area contributed by atoms with Gasteiger partial charge in [-0.1, -0.05) is 6.07 Å². The van der Waals surface area contributed by atoms with E-state index < -0.39 is 12.0 Å². The first kappa shape index (κ1) is 12.5. The lowest BCUT2D eigenvalue weighted by Gasteiger charge is -2.33. The first-order valence-corrected chi connectivity index (χ1v) is 5.80. The summed E-state index contributed by atoms with van der Waals surface area (Å²) in [6.45, 7) is 1.67. The Kier molecular flexibility index (Phi) is 3.88. The van der Waals surface area contributed by atoms with Gasteiger partial charge in [-0.2, -0.15) is 0 Å². The molecule has 2 rings (SSSR count). The molecule has 1 aliphatic rings. The van der Waals surface area contributed by atoms with Gasteiger partial charge in [0, 0.05) is 25.8 Å². The Labute approximate surface area is 105 Å². The average Bonchev–Trinajstić information content (AvgIpc) is 2.34. The van der Waals surface area contributed by atoms with Crippen LogP contribution in [0.25, 0.3) is 0 Å². The van der Waals surface area contributed by atoms with Crippen LogP contribution in [0.1, 0.15) is 12.1 Å². The van der Waals surface area contributed by atoms with Gasteiger partial charge < -0.3 is 10.4 Å². The summed E-state index contributed by atoms with van der Waals surface area (Å²) in [5, 5.41) is 11.5. The van der Waals surface area contributed by atoms with E-state index in [-0.39, 0.29) is 12.3 Å². The van der Waals surface area contributed by atoms with Crippen LogP contribution in [0.15, 0.2) is 24.4 Å². The van der Waals surface area contributed by atoms with Gasteiger partial charge in [0.15, 0.2) is 0 Å². The molecule has 2 heterocycles. The van der Waals surface area contributed by atoms with Crippen molar-refractivity contribution in [2.75, 3.05) is 13.1 Å². The highest BCUT2D eigenvalue weighted by Gasteiger charge is 2.31. The number of nitrogens with one attached hydrogen (secondary N) is 1. The molecule has 1 saturated heterocycles. The quantitative estimate of drug-likeness (QED) is 0.776. The number of carboxylic acid groups (broad SMARTS) is 1. The topological polar surface area (TPSA) is 82.5 Å². The van der Waals surface area contributed by atoms with Crippen molar-refractivity contribution >= 4 is 11.9 Å². The van der Waals surface area contributed by atoms with E-state index in [0.717, 1.165) is 5.69 Å². The molecule has 0 saturated carbocycles. The minimum atomic E-state index is -0.969. The van der Waals surface area contributed by atoms with Crippen LogP contribution in [0.2, 0.25) is 0 Å². The molecule has 1 aliphatic heterocycles. The van der Waals surface area contributed by atoms with Crippen molar-refractivity contribution in [1.82, 2.24) is 15.2 Å². The lowest BCUT2D eigenvalue weighted by molar-refractivity contribution is -0.143. The SMILES string of the molecule is O=C(O)C[C@H]1C(=O)NCCN1Cc1ccccn1. The number of hydrogen-bond acceptors (Lipinski definition) is 4. The Morgan fingerprint density at radius 1 is 1.56 bits per heavy atom. The number of carbonyl (C=O) groups excluding carboxylic acids is 1. The van der Waals surface area contributed by atoms with Crippen LogP contribution < -0.4 is 5.32 Å². The average molecular weight is 249 g/mol. The van der Waals surface area contributed by atoms with Gasteiger partial charge in [0.25, 0.3) is 0 Å². The second-order valence-corrected chi connectivity index (χ2v) is 4.20. The number of aliphatic carboxylic acids is 1. The van der Waals surface area contributed by atoms with E-state index in [4.69, 9.17) is 5.11 Å². The molecular weight excluding hydrogens is 234 g/mol. The molecule has 1 aromatic heterocycles. The Balaban J connectivity index is 2.08. The number of pyridine rings is 1. The van der Waals surface area contributed by atoms with Crippen molar-refractivity contribution in [3.63, 3.8) is 0 Å². The minimum Gasteiger partial charge on any atom is -0.481 e. The molecule has 1 fully saturated rings. The van der Waals surface area contributed by atoms with Crippen LogP contribution in [0.3, 0.4) is 0 Å². The Morgan fingerprint density at radius 3 is 3.06 bits per heavy atom. The molecule has 0 aromatic carbocycles. The number of piperazine rings is 1. The summed E-state index contributed by atoms with van der Waals surface area (Å²) >= 11 is 0. The molecular formula is C12H15N3O3. The van der Waals surface area contributed by atoms with Crippen molar-refractivity contribution in [2.45, 2.75) is 19.0 Å². The maximum absolute atomic E-state index is 11.7. The van der Waals surface area contributed by atoms with E-state index in [1.54, 1.807) is 6.20 Å². The molecule has 1 atom stereocenters. The Hall–Kier alpha value is -1.95. The summed E-state index contributed by atoms with van der Waals surface area (Å²) < 4.78 is 0. The van der Waals surface area contributed by atoms with Gasteiger partial charge in [0.1, 0.15) is 6.04 Å². The molecule has 1 amide bonds. The highest BCUT2D eigenvalue weighted by atomic mass is 16.4. The number of carbonyl (C=O) groups is 2. The summed E-state index contributed by atoms with van der Waals surface area (Å²) in [7, 11) is 0. The third-order valence-electron chi connectivity index (χ3n) is 2.90. The molecule has 0 radical (unpaired) electrons. The third-order valence-corrected chi connectivity index (χ3v) is 2.90. The van der Waals surface area contributed by atoms with Gasteiger partial charge in [-0.25, -0.2) is 0 Å². The van der Waals surface area contributed by atoms with Gasteiger partial charge >= 0.3 is 5.97 Å². The summed E-state index contributed by atoms with van der Waals surface area (Å²) in [5.74, 6) is -1.19. The minimum absolute atomic E-state index is 0.182. The fourth-order valence-electron chi connectivity index (χ4n) is 2.04. The summed E-state index contributed by atoms with van der Waals surface area (Å²) in [6, 6.07) is 4.95. The van der Waals surface area contributed by atoms with Gasteiger partial charge in [-0.3, -0.25) is 19.5 Å². The monoisotopic (exact) mass is 249 g/mol. The van der Waals surface area contributed by atoms with Crippen molar-refractivity contribution in [1.29, 1.82) is 0 Å². The van der Waals surface area contributed by atoms with E-state index in [0.29, 0.717) is 19.6 Å². The van der Waals surface area contributed by atoms with Crippen LogP contribution in [0.4, 0.5) is 0 Å². The first-order chi connectivity index (χ1) is 8.66. The highest BCUT2D eigenvalue weighted by Crippen LogP contribution is 2.12. The number of amides is 1. The zero-order valence-electron chi connectivity index (χ0n) is 9.87. The predicted octanol–water partition coefficient (Wildman–Crippen LogP) is -0.143. The van der Waals surface area contributed by atoms with E-state index in [2.05, 4.69) is 10.3 Å². The largest absolute Gasteiger partial charge is 0.481 e. The van der Waals surface area contributed by atoms with Crippen molar-refractivity contribution in [2.24, 2.45) is 0 Å².